The van der Waals surface area contributed by atoms with Crippen LogP contribution < -0.4 is 15.4 Å². The highest BCUT2D eigenvalue weighted by atomic mass is 19.1. The van der Waals surface area contributed by atoms with Gasteiger partial charge in [0, 0.05) is 25.2 Å². The first-order valence-corrected chi connectivity index (χ1v) is 7.47. The molecule has 0 spiro atoms. The molecule has 1 aliphatic carbocycles. The van der Waals surface area contributed by atoms with Crippen molar-refractivity contribution in [2.45, 2.75) is 45.6 Å². The zero-order chi connectivity index (χ0) is 14.7. The first kappa shape index (κ1) is 14.9. The van der Waals surface area contributed by atoms with Crippen LogP contribution in [0.25, 0.3) is 0 Å². The van der Waals surface area contributed by atoms with E-state index in [9.17, 15) is 4.39 Å². The van der Waals surface area contributed by atoms with Crippen LogP contribution in [0.3, 0.4) is 0 Å². The maximum absolute atomic E-state index is 13.8. The van der Waals surface area contributed by atoms with Crippen LogP contribution in [-0.2, 0) is 0 Å². The first-order chi connectivity index (χ1) is 9.52. The minimum absolute atomic E-state index is 0.285. The van der Waals surface area contributed by atoms with Crippen molar-refractivity contribution >= 4 is 11.4 Å². The molecule has 0 bridgehead atoms. The normalized spacial score (nSPS) is 22.6. The van der Waals surface area contributed by atoms with Gasteiger partial charge in [-0.15, -0.1) is 0 Å². The average Bonchev–Trinajstić information content (AvgIpc) is 2.42. The van der Waals surface area contributed by atoms with Crippen LogP contribution in [0, 0.1) is 11.7 Å². The summed E-state index contributed by atoms with van der Waals surface area (Å²) >= 11 is 0. The molecule has 0 heterocycles. The molecule has 3 nitrogen and oxygen atoms in total. The average molecular weight is 280 g/mol. The Morgan fingerprint density at radius 1 is 1.30 bits per heavy atom. The molecular weight excluding hydrogens is 255 g/mol. The number of rotatable bonds is 4. The Labute approximate surface area is 120 Å². The van der Waals surface area contributed by atoms with Gasteiger partial charge in [0.05, 0.1) is 18.0 Å². The highest BCUT2D eigenvalue weighted by Crippen LogP contribution is 2.35. The minimum atomic E-state index is -0.390. The van der Waals surface area contributed by atoms with Gasteiger partial charge in [0.15, 0.2) is 11.6 Å². The van der Waals surface area contributed by atoms with E-state index in [-0.39, 0.29) is 5.75 Å². The molecule has 2 rings (SSSR count). The van der Waals surface area contributed by atoms with Gasteiger partial charge < -0.3 is 15.4 Å². The maximum Gasteiger partial charge on any atom is 0.167 e. The van der Waals surface area contributed by atoms with E-state index in [4.69, 9.17) is 10.5 Å². The lowest BCUT2D eigenvalue weighted by Gasteiger charge is -2.35. The van der Waals surface area contributed by atoms with Gasteiger partial charge in [0.25, 0.3) is 0 Å². The van der Waals surface area contributed by atoms with Gasteiger partial charge >= 0.3 is 0 Å². The fraction of sp³-hybridized carbons (Fsp3) is 0.625. The van der Waals surface area contributed by atoms with Crippen LogP contribution in [-0.4, -0.2) is 19.7 Å². The van der Waals surface area contributed by atoms with E-state index in [1.165, 1.54) is 31.7 Å². The van der Waals surface area contributed by atoms with Crippen molar-refractivity contribution in [2.24, 2.45) is 5.92 Å². The summed E-state index contributed by atoms with van der Waals surface area (Å²) in [5.74, 6) is 0.704. The van der Waals surface area contributed by atoms with Crippen molar-refractivity contribution in [1.29, 1.82) is 0 Å². The molecule has 0 unspecified atom stereocenters. The molecular formula is C16H25FN2O. The minimum Gasteiger partial charge on any atom is -0.491 e. The number of hydrogen-bond acceptors (Lipinski definition) is 3. The van der Waals surface area contributed by atoms with Crippen molar-refractivity contribution in [3.8, 4) is 5.75 Å². The van der Waals surface area contributed by atoms with Crippen LogP contribution in [0.4, 0.5) is 15.8 Å². The number of nitrogens with zero attached hydrogens (tertiary/aromatic N) is 1. The second kappa shape index (κ2) is 6.33. The molecule has 0 atom stereocenters. The molecule has 1 aromatic carbocycles. The van der Waals surface area contributed by atoms with E-state index >= 15 is 0 Å². The van der Waals surface area contributed by atoms with Crippen molar-refractivity contribution in [3.05, 3.63) is 17.9 Å². The molecule has 4 heteroatoms. The van der Waals surface area contributed by atoms with Crippen molar-refractivity contribution in [1.82, 2.24) is 0 Å². The summed E-state index contributed by atoms with van der Waals surface area (Å²) in [6, 6.07) is 3.57. The third-order valence-corrected chi connectivity index (χ3v) is 4.29. The third-order valence-electron chi connectivity index (χ3n) is 4.29. The monoisotopic (exact) mass is 280 g/mol. The second-order valence-electron chi connectivity index (χ2n) is 5.80. The summed E-state index contributed by atoms with van der Waals surface area (Å²) in [6.07, 6.45) is 4.82. The van der Waals surface area contributed by atoms with E-state index in [0.717, 1.165) is 11.6 Å². The molecule has 0 radical (unpaired) electrons. The summed E-state index contributed by atoms with van der Waals surface area (Å²) in [4.78, 5) is 2.18. The van der Waals surface area contributed by atoms with E-state index in [2.05, 4.69) is 11.8 Å². The number of nitrogens with two attached hydrogens (primary N) is 1. The Bertz CT molecular complexity index is 456. The summed E-state index contributed by atoms with van der Waals surface area (Å²) in [7, 11) is 2.04. The van der Waals surface area contributed by atoms with Crippen LogP contribution in [0.5, 0.6) is 5.75 Å². The molecule has 1 saturated carbocycles. The van der Waals surface area contributed by atoms with Gasteiger partial charge in [-0.2, -0.15) is 0 Å². The number of hydrogen-bond donors (Lipinski definition) is 1. The lowest BCUT2D eigenvalue weighted by molar-refractivity contribution is 0.320. The second-order valence-corrected chi connectivity index (χ2v) is 5.80. The van der Waals surface area contributed by atoms with Gasteiger partial charge in [0.2, 0.25) is 0 Å². The molecule has 0 amide bonds. The van der Waals surface area contributed by atoms with Crippen LogP contribution in [0.1, 0.15) is 39.5 Å². The van der Waals surface area contributed by atoms with Crippen molar-refractivity contribution in [3.63, 3.8) is 0 Å². The van der Waals surface area contributed by atoms with Crippen molar-refractivity contribution < 1.29 is 9.13 Å². The Kier molecular flexibility index (Phi) is 4.73. The quantitative estimate of drug-likeness (QED) is 0.852. The summed E-state index contributed by atoms with van der Waals surface area (Å²) in [6.45, 7) is 4.60. The van der Waals surface area contributed by atoms with Crippen LogP contribution in [0.2, 0.25) is 0 Å². The number of halogens is 1. The van der Waals surface area contributed by atoms with Gasteiger partial charge in [-0.05, 0) is 38.5 Å². The van der Waals surface area contributed by atoms with E-state index in [1.807, 2.05) is 14.0 Å². The predicted octanol–water partition coefficient (Wildman–Crippen LogP) is 3.82. The number of benzene rings is 1. The highest BCUT2D eigenvalue weighted by Gasteiger charge is 2.24. The highest BCUT2D eigenvalue weighted by molar-refractivity contribution is 5.70. The SMILES string of the molecule is CCOc1cc(N(C)C2CCC(C)CC2)c(N)cc1F. The molecule has 2 N–H and O–H groups in total. The lowest BCUT2D eigenvalue weighted by Crippen LogP contribution is -2.35. The first-order valence-electron chi connectivity index (χ1n) is 7.47. The molecule has 1 aromatic rings. The maximum atomic E-state index is 13.8. The topological polar surface area (TPSA) is 38.5 Å². The van der Waals surface area contributed by atoms with Crippen molar-refractivity contribution in [2.75, 3.05) is 24.3 Å². The van der Waals surface area contributed by atoms with E-state index in [0.29, 0.717) is 18.3 Å². The molecule has 1 aliphatic rings. The van der Waals surface area contributed by atoms with Gasteiger partial charge in [0.1, 0.15) is 0 Å². The number of anilines is 2. The van der Waals surface area contributed by atoms with Gasteiger partial charge in [-0.25, -0.2) is 4.39 Å². The number of nitrogen functional groups attached to an aromatic ring is 1. The third kappa shape index (κ3) is 3.17. The molecule has 0 aliphatic heterocycles. The summed E-state index contributed by atoms with van der Waals surface area (Å²) in [5, 5.41) is 0. The lowest BCUT2D eigenvalue weighted by atomic mass is 9.86. The molecule has 0 aromatic heterocycles. The van der Waals surface area contributed by atoms with Crippen LogP contribution >= 0.6 is 0 Å². The zero-order valence-electron chi connectivity index (χ0n) is 12.7. The van der Waals surface area contributed by atoms with E-state index in [1.54, 1.807) is 6.07 Å². The predicted molar refractivity (Wildman–Crippen MR) is 81.8 cm³/mol. The molecule has 0 saturated heterocycles. The summed E-state index contributed by atoms with van der Waals surface area (Å²) < 4.78 is 19.1. The molecule has 1 fully saturated rings. The Morgan fingerprint density at radius 2 is 1.95 bits per heavy atom. The smallest absolute Gasteiger partial charge is 0.167 e. The Morgan fingerprint density at radius 3 is 2.55 bits per heavy atom. The Hall–Kier alpha value is -1.45. The fourth-order valence-electron chi connectivity index (χ4n) is 2.96. The van der Waals surface area contributed by atoms with Gasteiger partial charge in [-0.1, -0.05) is 6.92 Å². The van der Waals surface area contributed by atoms with E-state index < -0.39 is 5.82 Å². The summed E-state index contributed by atoms with van der Waals surface area (Å²) in [5.41, 5.74) is 7.33. The number of ether oxygens (including phenoxy) is 1. The Balaban J connectivity index is 2.20. The largest absolute Gasteiger partial charge is 0.491 e. The zero-order valence-corrected chi connectivity index (χ0v) is 12.7. The molecule has 112 valence electrons. The van der Waals surface area contributed by atoms with Gasteiger partial charge in [-0.3, -0.25) is 0 Å². The van der Waals surface area contributed by atoms with Crippen LogP contribution in [0.15, 0.2) is 12.1 Å². The molecule has 20 heavy (non-hydrogen) atoms. The fourth-order valence-corrected chi connectivity index (χ4v) is 2.96. The standard InChI is InChI=1S/C16H25FN2O/c1-4-20-16-10-15(14(18)9-13(16)17)19(3)12-7-5-11(2)6-8-12/h9-12H,4-8,18H2,1-3H3.